The number of carbonyl (C=O) groups excluding carboxylic acids is 2. The number of benzene rings is 1. The number of carbonyl (C=O) groups is 2. The molecule has 0 amide bonds. The van der Waals surface area contributed by atoms with Crippen LogP contribution >= 0.6 is 11.8 Å². The Kier molecular flexibility index (Phi) is 10.1. The van der Waals surface area contributed by atoms with E-state index >= 15 is 0 Å². The average Bonchev–Trinajstić information content (AvgIpc) is 2.87. The Morgan fingerprint density at radius 2 is 1.86 bits per heavy atom. The number of hydrogen-bond donors (Lipinski definition) is 2. The molecule has 1 aromatic heterocycles. The van der Waals surface area contributed by atoms with Gasteiger partial charge in [-0.1, -0.05) is 71.1 Å². The van der Waals surface area contributed by atoms with Crippen LogP contribution in [0.5, 0.6) is 5.75 Å². The van der Waals surface area contributed by atoms with Gasteiger partial charge < -0.3 is 15.5 Å². The van der Waals surface area contributed by atoms with Gasteiger partial charge in [0.2, 0.25) is 0 Å². The molecule has 1 aliphatic rings. The van der Waals surface area contributed by atoms with Crippen LogP contribution in [0.3, 0.4) is 0 Å². The molecule has 3 rings (SSSR count). The summed E-state index contributed by atoms with van der Waals surface area (Å²) < 4.78 is 5.34. The van der Waals surface area contributed by atoms with Gasteiger partial charge in [-0.3, -0.25) is 9.59 Å². The van der Waals surface area contributed by atoms with E-state index in [-0.39, 0.29) is 23.0 Å². The number of aromatic nitrogens is 2. The van der Waals surface area contributed by atoms with Crippen LogP contribution in [0.25, 0.3) is 0 Å². The second-order valence-electron chi connectivity index (χ2n) is 9.43. The number of ketones is 1. The highest BCUT2D eigenvalue weighted by molar-refractivity contribution is 7.99. The van der Waals surface area contributed by atoms with Gasteiger partial charge in [0.1, 0.15) is 11.8 Å². The Labute approximate surface area is 211 Å². The number of nitrogens with two attached hydrogens (primary N) is 1. The fourth-order valence-corrected chi connectivity index (χ4v) is 5.16. The van der Waals surface area contributed by atoms with Gasteiger partial charge in [0, 0.05) is 11.1 Å². The Balaban J connectivity index is 1.61. The molecule has 3 N–H and O–H groups in total. The SMILES string of the molecule is CCc1c(CC2CCCCC2)nc(SCC(=O)c2ccc(OC(=O)[C@H](N)[C@H](C)CC)cc2)[nH]c1=O. The van der Waals surface area contributed by atoms with Crippen molar-refractivity contribution in [3.8, 4) is 5.75 Å². The predicted octanol–water partition coefficient (Wildman–Crippen LogP) is 4.71. The zero-order valence-electron chi connectivity index (χ0n) is 21.0. The third-order valence-corrected chi connectivity index (χ3v) is 7.78. The van der Waals surface area contributed by atoms with Crippen molar-refractivity contribution in [1.29, 1.82) is 0 Å². The van der Waals surface area contributed by atoms with Crippen LogP contribution in [-0.4, -0.2) is 33.5 Å². The summed E-state index contributed by atoms with van der Waals surface area (Å²) in [6.07, 6.45) is 8.41. The van der Waals surface area contributed by atoms with E-state index < -0.39 is 12.0 Å². The van der Waals surface area contributed by atoms with E-state index in [1.165, 1.54) is 43.9 Å². The van der Waals surface area contributed by atoms with E-state index in [2.05, 4.69) is 4.98 Å². The van der Waals surface area contributed by atoms with E-state index in [9.17, 15) is 14.4 Å². The lowest BCUT2D eigenvalue weighted by molar-refractivity contribution is -0.137. The number of nitrogens with zero attached hydrogens (tertiary/aromatic N) is 1. The Hall–Kier alpha value is -2.45. The van der Waals surface area contributed by atoms with Gasteiger partial charge in [-0.05, 0) is 48.9 Å². The van der Waals surface area contributed by atoms with Crippen LogP contribution in [0.15, 0.2) is 34.2 Å². The zero-order chi connectivity index (χ0) is 25.4. The van der Waals surface area contributed by atoms with E-state index in [4.69, 9.17) is 15.5 Å². The molecular weight excluding hydrogens is 462 g/mol. The molecule has 1 saturated carbocycles. The molecule has 1 fully saturated rings. The number of nitrogens with one attached hydrogen (secondary N) is 1. The first-order valence-electron chi connectivity index (χ1n) is 12.7. The van der Waals surface area contributed by atoms with Crippen molar-refractivity contribution in [2.45, 2.75) is 83.3 Å². The number of H-pyrrole nitrogens is 1. The van der Waals surface area contributed by atoms with Crippen molar-refractivity contribution in [3.63, 3.8) is 0 Å². The minimum absolute atomic E-state index is 0.0231. The van der Waals surface area contributed by atoms with Gasteiger partial charge >= 0.3 is 5.97 Å². The molecule has 7 nitrogen and oxygen atoms in total. The summed E-state index contributed by atoms with van der Waals surface area (Å²) in [6.45, 7) is 5.85. The molecule has 1 aliphatic carbocycles. The fourth-order valence-electron chi connectivity index (χ4n) is 4.38. The van der Waals surface area contributed by atoms with E-state index in [0.29, 0.717) is 28.8 Å². The maximum absolute atomic E-state index is 12.7. The molecule has 0 unspecified atom stereocenters. The van der Waals surface area contributed by atoms with E-state index in [1.807, 2.05) is 20.8 Å². The number of hydrogen-bond acceptors (Lipinski definition) is 7. The van der Waals surface area contributed by atoms with Crippen molar-refractivity contribution in [1.82, 2.24) is 9.97 Å². The first-order chi connectivity index (χ1) is 16.8. The fraction of sp³-hybridized carbons (Fsp3) is 0.556. The monoisotopic (exact) mass is 499 g/mol. The number of ether oxygens (including phenoxy) is 1. The molecule has 8 heteroatoms. The van der Waals surface area contributed by atoms with Crippen LogP contribution in [0, 0.1) is 11.8 Å². The maximum Gasteiger partial charge on any atom is 0.328 e. The largest absolute Gasteiger partial charge is 0.425 e. The summed E-state index contributed by atoms with van der Waals surface area (Å²) >= 11 is 1.24. The van der Waals surface area contributed by atoms with Gasteiger partial charge in [-0.2, -0.15) is 0 Å². The summed E-state index contributed by atoms with van der Waals surface area (Å²) in [6, 6.07) is 5.76. The van der Waals surface area contributed by atoms with Gasteiger partial charge in [-0.15, -0.1) is 0 Å². The highest BCUT2D eigenvalue weighted by Crippen LogP contribution is 2.27. The van der Waals surface area contributed by atoms with Crippen molar-refractivity contribution in [3.05, 3.63) is 51.4 Å². The van der Waals surface area contributed by atoms with Crippen molar-refractivity contribution < 1.29 is 14.3 Å². The van der Waals surface area contributed by atoms with E-state index in [0.717, 1.165) is 24.1 Å². The number of aromatic amines is 1. The Bertz CT molecular complexity index is 1060. The number of rotatable bonds is 11. The maximum atomic E-state index is 12.7. The molecule has 35 heavy (non-hydrogen) atoms. The normalized spacial score (nSPS) is 16.0. The summed E-state index contributed by atoms with van der Waals surface area (Å²) in [4.78, 5) is 45.1. The number of esters is 1. The topological polar surface area (TPSA) is 115 Å². The molecule has 2 atom stereocenters. The summed E-state index contributed by atoms with van der Waals surface area (Å²) in [5, 5.41) is 0.482. The average molecular weight is 500 g/mol. The molecular formula is C27H37N3O4S. The first kappa shape index (κ1) is 27.1. The van der Waals surface area contributed by atoms with Crippen LogP contribution in [-0.2, 0) is 17.6 Å². The van der Waals surface area contributed by atoms with Gasteiger partial charge in [-0.25, -0.2) is 9.78 Å². The van der Waals surface area contributed by atoms with Crippen LogP contribution in [0.4, 0.5) is 0 Å². The van der Waals surface area contributed by atoms with Crippen molar-refractivity contribution in [2.75, 3.05) is 5.75 Å². The number of thioether (sulfide) groups is 1. The molecule has 2 aromatic rings. The minimum atomic E-state index is -0.686. The first-order valence-corrected chi connectivity index (χ1v) is 13.7. The molecule has 0 saturated heterocycles. The molecule has 0 bridgehead atoms. The smallest absolute Gasteiger partial charge is 0.328 e. The Morgan fingerprint density at radius 1 is 1.17 bits per heavy atom. The van der Waals surface area contributed by atoms with Crippen LogP contribution in [0.2, 0.25) is 0 Å². The van der Waals surface area contributed by atoms with E-state index in [1.54, 1.807) is 24.3 Å². The Morgan fingerprint density at radius 3 is 2.49 bits per heavy atom. The van der Waals surface area contributed by atoms with Gasteiger partial charge in [0.25, 0.3) is 5.56 Å². The quantitative estimate of drug-likeness (QED) is 0.151. The van der Waals surface area contributed by atoms with Crippen LogP contribution < -0.4 is 16.0 Å². The van der Waals surface area contributed by atoms with Gasteiger partial charge in [0.15, 0.2) is 10.9 Å². The lowest BCUT2D eigenvalue weighted by Gasteiger charge is -2.22. The van der Waals surface area contributed by atoms with Crippen molar-refractivity contribution >= 4 is 23.5 Å². The standard InChI is InChI=1S/C27H37N3O4S/c1-4-17(3)24(28)26(33)34-20-13-11-19(12-14-20)23(31)16-35-27-29-22(21(5-2)25(32)30-27)15-18-9-7-6-8-10-18/h11-14,17-18,24H,4-10,15-16,28H2,1-3H3,(H,29,30,32)/t17-,24-/m1/s1. The molecule has 0 aliphatic heterocycles. The van der Waals surface area contributed by atoms with Crippen molar-refractivity contribution in [2.24, 2.45) is 17.6 Å². The zero-order valence-corrected chi connectivity index (χ0v) is 21.8. The van der Waals surface area contributed by atoms with Crippen LogP contribution in [0.1, 0.15) is 80.9 Å². The molecule has 190 valence electrons. The highest BCUT2D eigenvalue weighted by atomic mass is 32.2. The predicted molar refractivity (Wildman–Crippen MR) is 139 cm³/mol. The minimum Gasteiger partial charge on any atom is -0.425 e. The number of Topliss-reactive ketones (excluding diaryl/α,β-unsaturated/α-hetero) is 1. The molecule has 1 heterocycles. The lowest BCUT2D eigenvalue weighted by Crippen LogP contribution is -2.39. The summed E-state index contributed by atoms with van der Waals surface area (Å²) in [5.74, 6) is 0.524. The van der Waals surface area contributed by atoms with Gasteiger partial charge in [0.05, 0.1) is 11.4 Å². The summed E-state index contributed by atoms with van der Waals surface area (Å²) in [7, 11) is 0. The molecule has 0 radical (unpaired) electrons. The second-order valence-corrected chi connectivity index (χ2v) is 10.4. The third-order valence-electron chi connectivity index (χ3n) is 6.90. The molecule has 1 aromatic carbocycles. The summed E-state index contributed by atoms with van der Waals surface area (Å²) in [5.41, 5.74) is 7.94. The highest BCUT2D eigenvalue weighted by Gasteiger charge is 2.22. The third kappa shape index (κ3) is 7.51. The second kappa shape index (κ2) is 13.0. The molecule has 0 spiro atoms. The lowest BCUT2D eigenvalue weighted by atomic mass is 9.85.